The van der Waals surface area contributed by atoms with Gasteiger partial charge in [0, 0.05) is 6.54 Å². The number of rotatable bonds is 4. The molecule has 100 valence electrons. The molecule has 6 heteroatoms. The normalized spacial score (nSPS) is 20.9. The number of esters is 1. The van der Waals surface area contributed by atoms with Gasteiger partial charge in [0.15, 0.2) is 5.82 Å². The minimum atomic E-state index is -0.0936. The maximum atomic E-state index is 11.7. The minimum absolute atomic E-state index is 0.0253. The first-order chi connectivity index (χ1) is 8.69. The maximum absolute atomic E-state index is 11.7. The van der Waals surface area contributed by atoms with Crippen molar-refractivity contribution < 1.29 is 14.1 Å². The van der Waals surface area contributed by atoms with Crippen molar-refractivity contribution in [2.45, 2.75) is 33.2 Å². The average Bonchev–Trinajstić information content (AvgIpc) is 2.75. The molecule has 0 N–H and O–H groups in total. The van der Waals surface area contributed by atoms with Crippen LogP contribution in [0.2, 0.25) is 0 Å². The Bertz CT molecular complexity index is 405. The molecule has 1 unspecified atom stereocenters. The Morgan fingerprint density at radius 3 is 3.11 bits per heavy atom. The van der Waals surface area contributed by atoms with E-state index in [0.29, 0.717) is 31.4 Å². The van der Waals surface area contributed by atoms with Gasteiger partial charge in [-0.1, -0.05) is 5.16 Å². The first-order valence-corrected chi connectivity index (χ1v) is 6.37. The second-order valence-corrected chi connectivity index (χ2v) is 4.56. The molecule has 0 aromatic carbocycles. The van der Waals surface area contributed by atoms with E-state index in [9.17, 15) is 4.79 Å². The third-order valence-electron chi connectivity index (χ3n) is 3.05. The van der Waals surface area contributed by atoms with Crippen LogP contribution in [0.25, 0.3) is 0 Å². The zero-order valence-corrected chi connectivity index (χ0v) is 10.9. The largest absolute Gasteiger partial charge is 0.466 e. The number of likely N-dealkylation sites (tertiary alicyclic amines) is 1. The Morgan fingerprint density at radius 1 is 1.61 bits per heavy atom. The fourth-order valence-corrected chi connectivity index (χ4v) is 2.25. The van der Waals surface area contributed by atoms with Crippen LogP contribution in [0.1, 0.15) is 31.5 Å². The summed E-state index contributed by atoms with van der Waals surface area (Å²) in [4.78, 5) is 18.0. The molecule has 1 aromatic heterocycles. The highest BCUT2D eigenvalue weighted by Crippen LogP contribution is 2.19. The third-order valence-corrected chi connectivity index (χ3v) is 3.05. The first-order valence-electron chi connectivity index (χ1n) is 6.37. The van der Waals surface area contributed by atoms with Crippen molar-refractivity contribution in [2.75, 3.05) is 19.7 Å². The van der Waals surface area contributed by atoms with Crippen LogP contribution in [0.4, 0.5) is 0 Å². The molecule has 0 amide bonds. The molecule has 1 atom stereocenters. The number of aryl methyl sites for hydroxylation is 1. The molecule has 1 fully saturated rings. The van der Waals surface area contributed by atoms with Crippen LogP contribution in [-0.2, 0) is 16.1 Å². The molecule has 6 nitrogen and oxygen atoms in total. The molecule has 2 heterocycles. The summed E-state index contributed by atoms with van der Waals surface area (Å²) < 4.78 is 10.2. The van der Waals surface area contributed by atoms with Crippen molar-refractivity contribution in [3.63, 3.8) is 0 Å². The van der Waals surface area contributed by atoms with E-state index < -0.39 is 0 Å². The second-order valence-electron chi connectivity index (χ2n) is 4.56. The molecule has 0 radical (unpaired) electrons. The summed E-state index contributed by atoms with van der Waals surface area (Å²) in [5, 5.41) is 3.76. The molecule has 0 bridgehead atoms. The fraction of sp³-hybridized carbons (Fsp3) is 0.750. The Labute approximate surface area is 106 Å². The third kappa shape index (κ3) is 3.29. The smallest absolute Gasteiger partial charge is 0.310 e. The van der Waals surface area contributed by atoms with E-state index >= 15 is 0 Å². The Morgan fingerprint density at radius 2 is 2.44 bits per heavy atom. The predicted molar refractivity (Wildman–Crippen MR) is 63.7 cm³/mol. The van der Waals surface area contributed by atoms with Gasteiger partial charge in [-0.15, -0.1) is 0 Å². The lowest BCUT2D eigenvalue weighted by molar-refractivity contribution is -0.150. The minimum Gasteiger partial charge on any atom is -0.466 e. The van der Waals surface area contributed by atoms with Gasteiger partial charge < -0.3 is 9.26 Å². The first kappa shape index (κ1) is 13.0. The Balaban J connectivity index is 1.88. The van der Waals surface area contributed by atoms with Crippen molar-refractivity contribution in [3.8, 4) is 0 Å². The van der Waals surface area contributed by atoms with Crippen molar-refractivity contribution in [1.29, 1.82) is 0 Å². The summed E-state index contributed by atoms with van der Waals surface area (Å²) in [6.45, 7) is 6.34. The molecule has 0 saturated carbocycles. The molecule has 1 saturated heterocycles. The van der Waals surface area contributed by atoms with E-state index in [1.54, 1.807) is 6.92 Å². The van der Waals surface area contributed by atoms with E-state index in [2.05, 4.69) is 15.0 Å². The lowest BCUT2D eigenvalue weighted by Crippen LogP contribution is -2.39. The van der Waals surface area contributed by atoms with Gasteiger partial charge in [-0.3, -0.25) is 9.69 Å². The number of carbonyl (C=O) groups excluding carboxylic acids is 1. The predicted octanol–water partition coefficient (Wildman–Crippen LogP) is 1.15. The maximum Gasteiger partial charge on any atom is 0.310 e. The van der Waals surface area contributed by atoms with E-state index in [-0.39, 0.29) is 11.9 Å². The zero-order valence-electron chi connectivity index (χ0n) is 10.9. The summed E-state index contributed by atoms with van der Waals surface area (Å²) in [5.74, 6) is 1.13. The van der Waals surface area contributed by atoms with Gasteiger partial charge in [0.25, 0.3) is 0 Å². The van der Waals surface area contributed by atoms with Gasteiger partial charge >= 0.3 is 5.97 Å². The van der Waals surface area contributed by atoms with Gasteiger partial charge in [0.1, 0.15) is 0 Å². The second kappa shape index (κ2) is 5.95. The number of hydrogen-bond donors (Lipinski definition) is 0. The summed E-state index contributed by atoms with van der Waals surface area (Å²) in [7, 11) is 0. The Hall–Kier alpha value is -1.43. The van der Waals surface area contributed by atoms with Crippen molar-refractivity contribution >= 4 is 5.97 Å². The van der Waals surface area contributed by atoms with E-state index in [1.807, 2.05) is 6.92 Å². The lowest BCUT2D eigenvalue weighted by atomic mass is 9.98. The summed E-state index contributed by atoms with van der Waals surface area (Å²) in [6.07, 6.45) is 1.90. The van der Waals surface area contributed by atoms with Gasteiger partial charge in [-0.05, 0) is 33.2 Å². The van der Waals surface area contributed by atoms with Crippen LogP contribution in [0.5, 0.6) is 0 Å². The highest BCUT2D eigenvalue weighted by Gasteiger charge is 2.27. The van der Waals surface area contributed by atoms with Crippen LogP contribution in [0, 0.1) is 12.8 Å². The van der Waals surface area contributed by atoms with E-state index in [1.165, 1.54) is 0 Å². The average molecular weight is 253 g/mol. The number of nitrogens with zero attached hydrogens (tertiary/aromatic N) is 3. The summed E-state index contributed by atoms with van der Waals surface area (Å²) in [5.41, 5.74) is 0. The zero-order chi connectivity index (χ0) is 13.0. The number of piperidine rings is 1. The van der Waals surface area contributed by atoms with Crippen molar-refractivity contribution in [2.24, 2.45) is 5.92 Å². The molecule has 1 aromatic rings. The van der Waals surface area contributed by atoms with Gasteiger partial charge in [0.05, 0.1) is 19.1 Å². The van der Waals surface area contributed by atoms with Crippen LogP contribution in [-0.4, -0.2) is 40.7 Å². The molecule has 2 rings (SSSR count). The van der Waals surface area contributed by atoms with Gasteiger partial charge in [-0.2, -0.15) is 4.98 Å². The number of ether oxygens (including phenoxy) is 1. The molecule has 0 aliphatic carbocycles. The van der Waals surface area contributed by atoms with E-state index in [0.717, 1.165) is 19.4 Å². The molecular formula is C12H19N3O3. The van der Waals surface area contributed by atoms with Crippen LogP contribution in [0.3, 0.4) is 0 Å². The number of aromatic nitrogens is 2. The van der Waals surface area contributed by atoms with Crippen molar-refractivity contribution in [1.82, 2.24) is 15.0 Å². The topological polar surface area (TPSA) is 68.5 Å². The molecular weight excluding hydrogens is 234 g/mol. The van der Waals surface area contributed by atoms with Crippen LogP contribution < -0.4 is 0 Å². The van der Waals surface area contributed by atoms with Gasteiger partial charge in [-0.25, -0.2) is 0 Å². The number of carbonyl (C=O) groups is 1. The monoisotopic (exact) mass is 253 g/mol. The summed E-state index contributed by atoms with van der Waals surface area (Å²) in [6, 6.07) is 0. The van der Waals surface area contributed by atoms with E-state index in [4.69, 9.17) is 9.26 Å². The quantitative estimate of drug-likeness (QED) is 0.750. The lowest BCUT2D eigenvalue weighted by Gasteiger charge is -2.30. The molecule has 18 heavy (non-hydrogen) atoms. The summed E-state index contributed by atoms with van der Waals surface area (Å²) >= 11 is 0. The standard InChI is InChI=1S/C12H19N3O3/c1-3-17-12(16)10-5-4-6-15(7-10)8-11-13-9(2)14-18-11/h10H,3-8H2,1-2H3. The molecule has 1 aliphatic heterocycles. The highest BCUT2D eigenvalue weighted by molar-refractivity contribution is 5.72. The molecule has 1 aliphatic rings. The number of hydrogen-bond acceptors (Lipinski definition) is 6. The van der Waals surface area contributed by atoms with Gasteiger partial charge in [0.2, 0.25) is 5.89 Å². The Kier molecular flexibility index (Phi) is 4.30. The fourth-order valence-electron chi connectivity index (χ4n) is 2.25. The highest BCUT2D eigenvalue weighted by atomic mass is 16.5. The molecule has 0 spiro atoms. The SMILES string of the molecule is CCOC(=O)C1CCCN(Cc2nc(C)no2)C1. The van der Waals surface area contributed by atoms with Crippen LogP contribution in [0.15, 0.2) is 4.52 Å². The van der Waals surface area contributed by atoms with Crippen LogP contribution >= 0.6 is 0 Å². The van der Waals surface area contributed by atoms with Crippen molar-refractivity contribution in [3.05, 3.63) is 11.7 Å².